The van der Waals surface area contributed by atoms with E-state index >= 15 is 0 Å². The summed E-state index contributed by atoms with van der Waals surface area (Å²) >= 11 is 3.36. The minimum atomic E-state index is -4.67. The van der Waals surface area contributed by atoms with Crippen LogP contribution in [0.25, 0.3) is 0 Å². The molecule has 74 valence electrons. The molecule has 0 aliphatic heterocycles. The van der Waals surface area contributed by atoms with Crippen molar-refractivity contribution < 1.29 is 17.5 Å². The van der Waals surface area contributed by atoms with E-state index in [-0.39, 0.29) is 0 Å². The summed E-state index contributed by atoms with van der Waals surface area (Å²) in [5, 5.41) is 0.952. The molecule has 13 heavy (non-hydrogen) atoms. The highest BCUT2D eigenvalue weighted by atomic mass is 79.9. The average molecular weight is 269 g/mol. The molecule has 1 aromatic rings. The van der Waals surface area contributed by atoms with E-state index in [1.807, 2.05) is 18.2 Å². The van der Waals surface area contributed by atoms with Gasteiger partial charge in [-0.25, -0.2) is 0 Å². The highest BCUT2D eigenvalue weighted by molar-refractivity contribution is 9.08. The fourth-order valence-corrected chi connectivity index (χ4v) is 0.941. The van der Waals surface area contributed by atoms with E-state index in [4.69, 9.17) is 17.5 Å². The lowest BCUT2D eigenvalue weighted by atomic mass is 10.2. The van der Waals surface area contributed by atoms with Gasteiger partial charge in [-0.1, -0.05) is 46.3 Å². The van der Waals surface area contributed by atoms with Gasteiger partial charge >= 0.3 is 10.4 Å². The van der Waals surface area contributed by atoms with Gasteiger partial charge < -0.3 is 0 Å². The van der Waals surface area contributed by atoms with Gasteiger partial charge in [0.2, 0.25) is 0 Å². The van der Waals surface area contributed by atoms with Crippen molar-refractivity contribution in [3.05, 3.63) is 35.9 Å². The van der Waals surface area contributed by atoms with Crippen LogP contribution in [0.3, 0.4) is 0 Å². The third-order valence-electron chi connectivity index (χ3n) is 0.997. The summed E-state index contributed by atoms with van der Waals surface area (Å²) < 4.78 is 31.6. The fraction of sp³-hybridized carbons (Fsp3) is 0.143. The molecular formula is C7H9BrO4S. The van der Waals surface area contributed by atoms with Crippen molar-refractivity contribution in [1.82, 2.24) is 0 Å². The van der Waals surface area contributed by atoms with Gasteiger partial charge in [0.15, 0.2) is 0 Å². The van der Waals surface area contributed by atoms with E-state index in [1.165, 1.54) is 5.56 Å². The number of hydrogen-bond acceptors (Lipinski definition) is 2. The molecular weight excluding hydrogens is 260 g/mol. The zero-order valence-electron chi connectivity index (χ0n) is 6.59. The van der Waals surface area contributed by atoms with Gasteiger partial charge in [0.1, 0.15) is 0 Å². The molecule has 0 unspecified atom stereocenters. The molecule has 0 spiro atoms. The SMILES string of the molecule is BrCc1ccccc1.O=S(=O)(O)O. The second kappa shape index (κ2) is 6.09. The van der Waals surface area contributed by atoms with Gasteiger partial charge in [0.25, 0.3) is 0 Å². The highest BCUT2D eigenvalue weighted by Crippen LogP contribution is 2.02. The quantitative estimate of drug-likeness (QED) is 0.603. The van der Waals surface area contributed by atoms with Crippen molar-refractivity contribution >= 4 is 26.3 Å². The van der Waals surface area contributed by atoms with Crippen LogP contribution < -0.4 is 0 Å². The zero-order chi connectivity index (χ0) is 10.3. The third-order valence-corrected chi connectivity index (χ3v) is 1.64. The Kier molecular flexibility index (Phi) is 5.89. The van der Waals surface area contributed by atoms with Crippen molar-refractivity contribution in [2.24, 2.45) is 0 Å². The Hall–Kier alpha value is -0.430. The predicted molar refractivity (Wildman–Crippen MR) is 53.3 cm³/mol. The molecule has 0 atom stereocenters. The third kappa shape index (κ3) is 11.6. The number of hydrogen-bond donors (Lipinski definition) is 2. The van der Waals surface area contributed by atoms with E-state index < -0.39 is 10.4 Å². The van der Waals surface area contributed by atoms with Crippen molar-refractivity contribution in [3.63, 3.8) is 0 Å². The van der Waals surface area contributed by atoms with Crippen LogP contribution in [0.4, 0.5) is 0 Å². The molecule has 0 saturated carbocycles. The standard InChI is InChI=1S/C7H7Br.H2O4S/c8-6-7-4-2-1-3-5-7;1-5(2,3)4/h1-5H,6H2;(H2,1,2,3,4). The Labute approximate surface area is 85.3 Å². The molecule has 0 aliphatic rings. The topological polar surface area (TPSA) is 74.6 Å². The maximum absolute atomic E-state index is 8.74. The second-order valence-corrected chi connectivity index (χ2v) is 3.52. The van der Waals surface area contributed by atoms with Gasteiger partial charge in [-0.3, -0.25) is 9.11 Å². The maximum atomic E-state index is 8.74. The molecule has 0 fully saturated rings. The lowest BCUT2D eigenvalue weighted by molar-refractivity contribution is 0.381. The molecule has 0 aromatic heterocycles. The predicted octanol–water partition coefficient (Wildman–Crippen LogP) is 1.93. The van der Waals surface area contributed by atoms with Gasteiger partial charge in [-0.15, -0.1) is 0 Å². The summed E-state index contributed by atoms with van der Waals surface area (Å²) in [6.45, 7) is 0. The average Bonchev–Trinajstić information content (AvgIpc) is 2.03. The van der Waals surface area contributed by atoms with E-state index in [0.29, 0.717) is 0 Å². The number of alkyl halides is 1. The van der Waals surface area contributed by atoms with Crippen molar-refractivity contribution in [2.45, 2.75) is 5.33 Å². The molecule has 0 radical (unpaired) electrons. The van der Waals surface area contributed by atoms with Crippen LogP contribution in [-0.2, 0) is 15.7 Å². The molecule has 0 heterocycles. The van der Waals surface area contributed by atoms with Crippen molar-refractivity contribution in [3.8, 4) is 0 Å². The lowest BCUT2D eigenvalue weighted by Crippen LogP contribution is -1.89. The maximum Gasteiger partial charge on any atom is 0.394 e. The Morgan fingerprint density at radius 2 is 1.54 bits per heavy atom. The lowest BCUT2D eigenvalue weighted by Gasteiger charge is -1.88. The molecule has 0 aliphatic carbocycles. The van der Waals surface area contributed by atoms with Gasteiger partial charge in [0.05, 0.1) is 0 Å². The van der Waals surface area contributed by atoms with Crippen LogP contribution in [0.5, 0.6) is 0 Å². The normalized spacial score (nSPS) is 10.1. The van der Waals surface area contributed by atoms with Crippen molar-refractivity contribution in [2.75, 3.05) is 0 Å². The summed E-state index contributed by atoms with van der Waals surface area (Å²) in [6, 6.07) is 10.3. The molecule has 2 N–H and O–H groups in total. The number of benzene rings is 1. The fourth-order valence-electron chi connectivity index (χ4n) is 0.567. The molecule has 4 nitrogen and oxygen atoms in total. The largest absolute Gasteiger partial charge is 0.394 e. The Morgan fingerprint density at radius 3 is 1.77 bits per heavy atom. The molecule has 1 rings (SSSR count). The van der Waals surface area contributed by atoms with Crippen LogP contribution in [0.15, 0.2) is 30.3 Å². The van der Waals surface area contributed by atoms with Crippen LogP contribution in [0.2, 0.25) is 0 Å². The minimum absolute atomic E-state index is 0.952. The summed E-state index contributed by atoms with van der Waals surface area (Å²) in [6.07, 6.45) is 0. The summed E-state index contributed by atoms with van der Waals surface area (Å²) in [4.78, 5) is 0. The van der Waals surface area contributed by atoms with Crippen LogP contribution in [-0.4, -0.2) is 17.5 Å². The summed E-state index contributed by atoms with van der Waals surface area (Å²) in [5.41, 5.74) is 1.33. The molecule has 0 bridgehead atoms. The van der Waals surface area contributed by atoms with E-state index in [9.17, 15) is 0 Å². The number of halogens is 1. The summed E-state index contributed by atoms with van der Waals surface area (Å²) in [5.74, 6) is 0. The Balaban J connectivity index is 0.000000252. The van der Waals surface area contributed by atoms with E-state index in [0.717, 1.165) is 5.33 Å². The van der Waals surface area contributed by atoms with Crippen LogP contribution in [0, 0.1) is 0 Å². The van der Waals surface area contributed by atoms with E-state index in [2.05, 4.69) is 28.1 Å². The second-order valence-electron chi connectivity index (χ2n) is 2.07. The highest BCUT2D eigenvalue weighted by Gasteiger charge is 1.84. The molecule has 6 heteroatoms. The minimum Gasteiger partial charge on any atom is -0.264 e. The first-order valence-electron chi connectivity index (χ1n) is 3.23. The summed E-state index contributed by atoms with van der Waals surface area (Å²) in [7, 11) is -4.67. The first kappa shape index (κ1) is 12.6. The van der Waals surface area contributed by atoms with Crippen LogP contribution in [0.1, 0.15) is 5.56 Å². The molecule has 1 aromatic carbocycles. The van der Waals surface area contributed by atoms with E-state index in [1.54, 1.807) is 0 Å². The smallest absolute Gasteiger partial charge is 0.264 e. The Morgan fingerprint density at radius 1 is 1.15 bits per heavy atom. The first-order chi connectivity index (χ1) is 5.93. The number of rotatable bonds is 1. The van der Waals surface area contributed by atoms with Gasteiger partial charge in [-0.05, 0) is 5.56 Å². The van der Waals surface area contributed by atoms with Gasteiger partial charge in [0, 0.05) is 5.33 Å². The molecule has 0 saturated heterocycles. The first-order valence-corrected chi connectivity index (χ1v) is 5.75. The Bertz CT molecular complexity index is 314. The van der Waals surface area contributed by atoms with Crippen LogP contribution >= 0.6 is 15.9 Å². The zero-order valence-corrected chi connectivity index (χ0v) is 8.99. The van der Waals surface area contributed by atoms with Crippen molar-refractivity contribution in [1.29, 1.82) is 0 Å². The molecule has 0 amide bonds. The van der Waals surface area contributed by atoms with Gasteiger partial charge in [-0.2, -0.15) is 8.42 Å². The monoisotopic (exact) mass is 268 g/mol.